The van der Waals surface area contributed by atoms with Crippen LogP contribution in [0.1, 0.15) is 23.0 Å². The molecule has 0 amide bonds. The van der Waals surface area contributed by atoms with Crippen molar-refractivity contribution in [2.45, 2.75) is 13.8 Å². The first-order chi connectivity index (χ1) is 10.7. The highest BCUT2D eigenvalue weighted by Gasteiger charge is 2.14. The molecule has 4 heteroatoms. The van der Waals surface area contributed by atoms with Gasteiger partial charge < -0.3 is 9.14 Å². The summed E-state index contributed by atoms with van der Waals surface area (Å²) >= 11 is 6.26. The average molecular weight is 314 g/mol. The van der Waals surface area contributed by atoms with Crippen molar-refractivity contribution in [2.75, 3.05) is 6.61 Å². The number of carbonyl (C=O) groups excluding carboxylic acids is 1. The van der Waals surface area contributed by atoms with Gasteiger partial charge >= 0.3 is 0 Å². The molecule has 3 aromatic rings. The maximum atomic E-state index is 11.6. The van der Waals surface area contributed by atoms with E-state index in [-0.39, 0.29) is 0 Å². The number of fused-ring (bicyclic) bond motifs is 1. The minimum absolute atomic E-state index is 0.545. The van der Waals surface area contributed by atoms with Crippen molar-refractivity contribution in [3.05, 3.63) is 58.9 Å². The van der Waals surface area contributed by atoms with Gasteiger partial charge in [0.2, 0.25) is 0 Å². The van der Waals surface area contributed by atoms with Crippen molar-refractivity contribution in [2.24, 2.45) is 0 Å². The zero-order chi connectivity index (χ0) is 15.7. The molecule has 0 radical (unpaired) electrons. The topological polar surface area (TPSA) is 30.7 Å². The molecule has 1 aromatic carbocycles. The van der Waals surface area contributed by atoms with Crippen molar-refractivity contribution in [1.82, 2.24) is 4.40 Å². The molecule has 22 heavy (non-hydrogen) atoms. The molecule has 0 aliphatic heterocycles. The Morgan fingerprint density at radius 2 is 2.09 bits per heavy atom. The van der Waals surface area contributed by atoms with Gasteiger partial charge in [-0.25, -0.2) is 0 Å². The average Bonchev–Trinajstić information content (AvgIpc) is 2.89. The number of aryl methyl sites for hydroxylation is 1. The highest BCUT2D eigenvalue weighted by molar-refractivity contribution is 6.32. The molecule has 0 saturated carbocycles. The van der Waals surface area contributed by atoms with E-state index in [0.717, 1.165) is 28.5 Å². The standard InChI is InChI=1S/C18H16ClNO2/c1-3-22-18-7-6-13(9-15(18)19)14-10-16-12(2)5-4-8-20(16)17(14)11-21/h4-11H,3H2,1-2H3. The predicted molar refractivity (Wildman–Crippen MR) is 89.1 cm³/mol. The second-order valence-corrected chi connectivity index (χ2v) is 5.49. The molecule has 3 rings (SSSR count). The fourth-order valence-corrected chi connectivity index (χ4v) is 2.89. The normalized spacial score (nSPS) is 10.9. The number of ether oxygens (including phenoxy) is 1. The summed E-state index contributed by atoms with van der Waals surface area (Å²) in [5, 5.41) is 0.545. The molecule has 0 saturated heterocycles. The lowest BCUT2D eigenvalue weighted by molar-refractivity contribution is 0.111. The van der Waals surface area contributed by atoms with Crippen LogP contribution in [0.15, 0.2) is 42.6 Å². The van der Waals surface area contributed by atoms with Crippen LogP contribution in [0.2, 0.25) is 5.02 Å². The zero-order valence-electron chi connectivity index (χ0n) is 12.5. The highest BCUT2D eigenvalue weighted by Crippen LogP contribution is 2.33. The minimum atomic E-state index is 0.545. The number of halogens is 1. The Morgan fingerprint density at radius 1 is 1.27 bits per heavy atom. The van der Waals surface area contributed by atoms with Gasteiger partial charge in [0.25, 0.3) is 0 Å². The number of hydrogen-bond acceptors (Lipinski definition) is 2. The summed E-state index contributed by atoms with van der Waals surface area (Å²) in [7, 11) is 0. The minimum Gasteiger partial charge on any atom is -0.492 e. The third-order valence-electron chi connectivity index (χ3n) is 3.72. The molecule has 0 atom stereocenters. The summed E-state index contributed by atoms with van der Waals surface area (Å²) in [6, 6.07) is 11.6. The Kier molecular flexibility index (Phi) is 3.90. The molecule has 0 unspecified atom stereocenters. The number of hydrogen-bond donors (Lipinski definition) is 0. The Hall–Kier alpha value is -2.26. The quantitative estimate of drug-likeness (QED) is 0.649. The summed E-state index contributed by atoms with van der Waals surface area (Å²) in [4.78, 5) is 11.6. The van der Waals surface area contributed by atoms with Gasteiger partial charge in [-0.2, -0.15) is 0 Å². The molecule has 2 heterocycles. The van der Waals surface area contributed by atoms with Crippen LogP contribution >= 0.6 is 11.6 Å². The molecule has 0 aliphatic carbocycles. The second kappa shape index (κ2) is 5.85. The highest BCUT2D eigenvalue weighted by atomic mass is 35.5. The second-order valence-electron chi connectivity index (χ2n) is 5.09. The van der Waals surface area contributed by atoms with E-state index >= 15 is 0 Å². The third-order valence-corrected chi connectivity index (χ3v) is 4.01. The van der Waals surface area contributed by atoms with Gasteiger partial charge in [-0.3, -0.25) is 4.79 Å². The van der Waals surface area contributed by atoms with E-state index in [2.05, 4.69) is 0 Å². The Labute approximate surface area is 134 Å². The van der Waals surface area contributed by atoms with Gasteiger partial charge in [0.15, 0.2) is 6.29 Å². The monoisotopic (exact) mass is 313 g/mol. The number of benzene rings is 1. The summed E-state index contributed by atoms with van der Waals surface area (Å²) in [6.45, 7) is 4.50. The van der Waals surface area contributed by atoms with Crippen molar-refractivity contribution < 1.29 is 9.53 Å². The fourth-order valence-electron chi connectivity index (χ4n) is 2.66. The predicted octanol–water partition coefficient (Wildman–Crippen LogP) is 4.78. The van der Waals surface area contributed by atoms with E-state index in [1.54, 1.807) is 0 Å². The first-order valence-corrected chi connectivity index (χ1v) is 7.52. The number of carbonyl (C=O) groups is 1. The molecular weight excluding hydrogens is 298 g/mol. The van der Waals surface area contributed by atoms with Crippen LogP contribution in [-0.4, -0.2) is 17.3 Å². The molecule has 2 aromatic heterocycles. The largest absolute Gasteiger partial charge is 0.492 e. The van der Waals surface area contributed by atoms with Crippen LogP contribution in [0.25, 0.3) is 16.6 Å². The molecule has 0 bridgehead atoms. The van der Waals surface area contributed by atoms with Gasteiger partial charge in [0.1, 0.15) is 5.75 Å². The Morgan fingerprint density at radius 3 is 2.77 bits per heavy atom. The number of nitrogens with zero attached hydrogens (tertiary/aromatic N) is 1. The van der Waals surface area contributed by atoms with Crippen LogP contribution < -0.4 is 4.74 Å². The first kappa shape index (κ1) is 14.7. The van der Waals surface area contributed by atoms with E-state index in [0.29, 0.717) is 23.1 Å². The van der Waals surface area contributed by atoms with Crippen molar-refractivity contribution in [1.29, 1.82) is 0 Å². The molecule has 0 spiro atoms. The van der Waals surface area contributed by atoms with Gasteiger partial charge in [-0.15, -0.1) is 0 Å². The smallest absolute Gasteiger partial charge is 0.167 e. The van der Waals surface area contributed by atoms with Crippen molar-refractivity contribution >= 4 is 23.4 Å². The molecular formula is C18H16ClNO2. The van der Waals surface area contributed by atoms with Crippen LogP contribution in [0, 0.1) is 6.92 Å². The summed E-state index contributed by atoms with van der Waals surface area (Å²) in [5.74, 6) is 0.653. The first-order valence-electron chi connectivity index (χ1n) is 7.14. The van der Waals surface area contributed by atoms with Gasteiger partial charge in [-0.05, 0) is 49.2 Å². The van der Waals surface area contributed by atoms with E-state index in [1.807, 2.05) is 60.8 Å². The lowest BCUT2D eigenvalue weighted by Crippen LogP contribution is -1.94. The number of aldehydes is 1. The van der Waals surface area contributed by atoms with Crippen molar-refractivity contribution in [3.8, 4) is 16.9 Å². The molecule has 0 fully saturated rings. The molecule has 112 valence electrons. The molecule has 0 N–H and O–H groups in total. The fraction of sp³-hybridized carbons (Fsp3) is 0.167. The summed E-state index contributed by atoms with van der Waals surface area (Å²) in [6.07, 6.45) is 2.78. The molecule has 0 aliphatic rings. The number of aromatic nitrogens is 1. The lowest BCUT2D eigenvalue weighted by atomic mass is 10.1. The number of rotatable bonds is 4. The maximum Gasteiger partial charge on any atom is 0.167 e. The van der Waals surface area contributed by atoms with Crippen LogP contribution in [0.4, 0.5) is 0 Å². The Bertz CT molecular complexity index is 852. The van der Waals surface area contributed by atoms with E-state index < -0.39 is 0 Å². The van der Waals surface area contributed by atoms with Gasteiger partial charge in [-0.1, -0.05) is 23.7 Å². The third kappa shape index (κ3) is 2.38. The molecule has 3 nitrogen and oxygen atoms in total. The van der Waals surface area contributed by atoms with Crippen molar-refractivity contribution in [3.63, 3.8) is 0 Å². The Balaban J connectivity index is 2.20. The zero-order valence-corrected chi connectivity index (χ0v) is 13.2. The summed E-state index contributed by atoms with van der Waals surface area (Å²) < 4.78 is 7.36. The SMILES string of the molecule is CCOc1ccc(-c2cc3c(C)cccn3c2C=O)cc1Cl. The maximum absolute atomic E-state index is 11.6. The van der Waals surface area contributed by atoms with E-state index in [1.165, 1.54) is 0 Å². The van der Waals surface area contributed by atoms with Crippen LogP contribution in [0.5, 0.6) is 5.75 Å². The van der Waals surface area contributed by atoms with E-state index in [9.17, 15) is 4.79 Å². The van der Waals surface area contributed by atoms with Crippen LogP contribution in [-0.2, 0) is 0 Å². The van der Waals surface area contributed by atoms with Gasteiger partial charge in [0.05, 0.1) is 17.3 Å². The lowest BCUT2D eigenvalue weighted by Gasteiger charge is -2.07. The summed E-state index contributed by atoms with van der Waals surface area (Å²) in [5.41, 5.74) is 4.53. The van der Waals surface area contributed by atoms with Gasteiger partial charge in [0, 0.05) is 17.3 Å². The van der Waals surface area contributed by atoms with E-state index in [4.69, 9.17) is 16.3 Å². The number of pyridine rings is 1. The van der Waals surface area contributed by atoms with Crippen LogP contribution in [0.3, 0.4) is 0 Å².